The molecule has 2 heterocycles. The first-order chi connectivity index (χ1) is 8.63. The Morgan fingerprint density at radius 1 is 1.22 bits per heavy atom. The zero-order valence-electron chi connectivity index (χ0n) is 11.1. The van der Waals surface area contributed by atoms with Gasteiger partial charge in [0, 0.05) is 12.0 Å². The highest BCUT2D eigenvalue weighted by atomic mass is 16.5. The van der Waals surface area contributed by atoms with Gasteiger partial charge in [-0.25, -0.2) is 0 Å². The molecule has 18 heavy (non-hydrogen) atoms. The molecule has 0 radical (unpaired) electrons. The normalized spacial score (nSPS) is 47.2. The van der Waals surface area contributed by atoms with Crippen LogP contribution < -0.4 is 11.1 Å². The Morgan fingerprint density at radius 3 is 2.67 bits per heavy atom. The third-order valence-corrected chi connectivity index (χ3v) is 5.04. The molecule has 4 nitrogen and oxygen atoms in total. The fraction of sp³-hybridized carbons (Fsp3) is 0.929. The molecule has 2 saturated heterocycles. The molecule has 2 bridgehead atoms. The summed E-state index contributed by atoms with van der Waals surface area (Å²) in [6.07, 6.45) is 6.84. The number of ether oxygens (including phenoxy) is 1. The van der Waals surface area contributed by atoms with Crippen molar-refractivity contribution in [1.82, 2.24) is 5.32 Å². The van der Waals surface area contributed by atoms with Crippen LogP contribution in [0.3, 0.4) is 0 Å². The van der Waals surface area contributed by atoms with Crippen molar-refractivity contribution in [2.75, 3.05) is 0 Å². The van der Waals surface area contributed by atoms with E-state index in [9.17, 15) is 4.79 Å². The molecule has 0 aromatic rings. The molecule has 6 atom stereocenters. The van der Waals surface area contributed by atoms with Gasteiger partial charge in [-0.2, -0.15) is 0 Å². The van der Waals surface area contributed by atoms with E-state index in [-0.39, 0.29) is 30.0 Å². The second-order valence-corrected chi connectivity index (χ2v) is 6.38. The van der Waals surface area contributed by atoms with Crippen LogP contribution in [0.25, 0.3) is 0 Å². The van der Waals surface area contributed by atoms with E-state index >= 15 is 0 Å². The highest BCUT2D eigenvalue weighted by Gasteiger charge is 2.42. The summed E-state index contributed by atoms with van der Waals surface area (Å²) in [6.45, 7) is 2.16. The molecule has 1 aliphatic carbocycles. The minimum atomic E-state index is 0.166. The van der Waals surface area contributed by atoms with E-state index in [4.69, 9.17) is 10.5 Å². The number of rotatable bonds is 2. The Balaban J connectivity index is 1.52. The lowest BCUT2D eigenvalue weighted by molar-refractivity contribution is -0.127. The number of hydrogen-bond acceptors (Lipinski definition) is 3. The van der Waals surface area contributed by atoms with Crippen molar-refractivity contribution in [2.24, 2.45) is 17.6 Å². The topological polar surface area (TPSA) is 64.3 Å². The third kappa shape index (κ3) is 2.28. The predicted molar refractivity (Wildman–Crippen MR) is 68.9 cm³/mol. The van der Waals surface area contributed by atoms with Gasteiger partial charge in [-0.05, 0) is 44.4 Å². The fourth-order valence-electron chi connectivity index (χ4n) is 3.75. The lowest BCUT2D eigenvalue weighted by atomic mass is 9.78. The molecule has 3 rings (SSSR count). The summed E-state index contributed by atoms with van der Waals surface area (Å²) < 4.78 is 5.78. The van der Waals surface area contributed by atoms with Crippen LogP contribution in [-0.2, 0) is 9.53 Å². The van der Waals surface area contributed by atoms with E-state index in [0.717, 1.165) is 32.1 Å². The summed E-state index contributed by atoms with van der Waals surface area (Å²) in [6, 6.07) is 0.544. The van der Waals surface area contributed by atoms with E-state index in [0.29, 0.717) is 12.0 Å². The highest BCUT2D eigenvalue weighted by Crippen LogP contribution is 2.35. The van der Waals surface area contributed by atoms with Crippen LogP contribution in [0.1, 0.15) is 45.4 Å². The van der Waals surface area contributed by atoms with Crippen LogP contribution in [0.15, 0.2) is 0 Å². The maximum absolute atomic E-state index is 12.3. The zero-order chi connectivity index (χ0) is 12.7. The van der Waals surface area contributed by atoms with Gasteiger partial charge in [-0.3, -0.25) is 4.79 Å². The molecule has 1 amide bonds. The second kappa shape index (κ2) is 4.82. The minimum Gasteiger partial charge on any atom is -0.373 e. The zero-order valence-corrected chi connectivity index (χ0v) is 11.1. The van der Waals surface area contributed by atoms with Crippen LogP contribution in [0.4, 0.5) is 0 Å². The maximum atomic E-state index is 12.3. The summed E-state index contributed by atoms with van der Waals surface area (Å²) in [5, 5.41) is 3.21. The van der Waals surface area contributed by atoms with Crippen molar-refractivity contribution < 1.29 is 9.53 Å². The summed E-state index contributed by atoms with van der Waals surface area (Å²) in [5.41, 5.74) is 6.00. The predicted octanol–water partition coefficient (Wildman–Crippen LogP) is 1.19. The fourth-order valence-corrected chi connectivity index (χ4v) is 3.75. The number of nitrogens with two attached hydrogens (primary N) is 1. The quantitative estimate of drug-likeness (QED) is 0.776. The van der Waals surface area contributed by atoms with E-state index in [2.05, 4.69) is 12.2 Å². The SMILES string of the molecule is CC1CC(C(=O)NC2CC3CCC2O3)CCC1N. The molecule has 6 unspecified atom stereocenters. The van der Waals surface area contributed by atoms with Crippen LogP contribution in [-0.4, -0.2) is 30.2 Å². The Kier molecular flexibility index (Phi) is 3.32. The van der Waals surface area contributed by atoms with Gasteiger partial charge in [-0.1, -0.05) is 6.92 Å². The second-order valence-electron chi connectivity index (χ2n) is 6.38. The summed E-state index contributed by atoms with van der Waals surface area (Å²) in [5.74, 6) is 0.861. The Hall–Kier alpha value is -0.610. The molecule has 2 aliphatic heterocycles. The number of hydrogen-bond donors (Lipinski definition) is 2. The van der Waals surface area contributed by atoms with Crippen molar-refractivity contribution in [3.05, 3.63) is 0 Å². The third-order valence-electron chi connectivity index (χ3n) is 5.04. The number of nitrogens with one attached hydrogen (secondary N) is 1. The minimum absolute atomic E-state index is 0.166. The molecule has 102 valence electrons. The van der Waals surface area contributed by atoms with E-state index in [1.807, 2.05) is 0 Å². The largest absolute Gasteiger partial charge is 0.373 e. The highest BCUT2D eigenvalue weighted by molar-refractivity contribution is 5.79. The van der Waals surface area contributed by atoms with Crippen molar-refractivity contribution in [2.45, 2.75) is 69.7 Å². The number of amides is 1. The molecule has 3 fully saturated rings. The van der Waals surface area contributed by atoms with Gasteiger partial charge in [0.05, 0.1) is 18.2 Å². The Labute approximate surface area is 109 Å². The summed E-state index contributed by atoms with van der Waals surface area (Å²) >= 11 is 0. The lowest BCUT2D eigenvalue weighted by Gasteiger charge is -2.32. The van der Waals surface area contributed by atoms with E-state index < -0.39 is 0 Å². The van der Waals surface area contributed by atoms with Gasteiger partial charge < -0.3 is 15.8 Å². The Bertz CT molecular complexity index is 334. The first-order valence-electron chi connectivity index (χ1n) is 7.35. The van der Waals surface area contributed by atoms with Gasteiger partial charge in [0.1, 0.15) is 0 Å². The number of carbonyl (C=O) groups excluding carboxylic acids is 1. The van der Waals surface area contributed by atoms with Crippen LogP contribution in [0.5, 0.6) is 0 Å². The van der Waals surface area contributed by atoms with Crippen molar-refractivity contribution in [3.63, 3.8) is 0 Å². The molecular formula is C14H24N2O2. The van der Waals surface area contributed by atoms with Crippen molar-refractivity contribution in [3.8, 4) is 0 Å². The van der Waals surface area contributed by atoms with Gasteiger partial charge in [0.2, 0.25) is 5.91 Å². The molecule has 3 aliphatic rings. The lowest BCUT2D eigenvalue weighted by Crippen LogP contribution is -2.46. The number of fused-ring (bicyclic) bond motifs is 2. The van der Waals surface area contributed by atoms with Gasteiger partial charge >= 0.3 is 0 Å². The van der Waals surface area contributed by atoms with Gasteiger partial charge in [-0.15, -0.1) is 0 Å². The summed E-state index contributed by atoms with van der Waals surface area (Å²) in [4.78, 5) is 12.3. The van der Waals surface area contributed by atoms with E-state index in [1.54, 1.807) is 0 Å². The number of carbonyl (C=O) groups is 1. The average molecular weight is 252 g/mol. The van der Waals surface area contributed by atoms with Gasteiger partial charge in [0.15, 0.2) is 0 Å². The molecular weight excluding hydrogens is 228 g/mol. The van der Waals surface area contributed by atoms with Crippen molar-refractivity contribution in [1.29, 1.82) is 0 Å². The molecule has 0 spiro atoms. The van der Waals surface area contributed by atoms with Gasteiger partial charge in [0.25, 0.3) is 0 Å². The van der Waals surface area contributed by atoms with E-state index in [1.165, 1.54) is 6.42 Å². The average Bonchev–Trinajstić information content (AvgIpc) is 2.94. The van der Waals surface area contributed by atoms with Crippen LogP contribution >= 0.6 is 0 Å². The van der Waals surface area contributed by atoms with Crippen LogP contribution in [0, 0.1) is 11.8 Å². The Morgan fingerprint density at radius 2 is 2.06 bits per heavy atom. The molecule has 4 heteroatoms. The molecule has 1 saturated carbocycles. The summed E-state index contributed by atoms with van der Waals surface area (Å²) in [7, 11) is 0. The maximum Gasteiger partial charge on any atom is 0.223 e. The molecule has 3 N–H and O–H groups in total. The first-order valence-corrected chi connectivity index (χ1v) is 7.35. The smallest absolute Gasteiger partial charge is 0.223 e. The van der Waals surface area contributed by atoms with Crippen molar-refractivity contribution >= 4 is 5.91 Å². The molecule has 0 aromatic carbocycles. The monoisotopic (exact) mass is 252 g/mol. The molecule has 0 aromatic heterocycles. The standard InChI is InChI=1S/C14H24N2O2/c1-8-6-9(2-4-11(8)15)14(17)16-12-7-10-3-5-13(12)18-10/h8-13H,2-7,15H2,1H3,(H,16,17). The first kappa shape index (κ1) is 12.4. The van der Waals surface area contributed by atoms with Crippen LogP contribution in [0.2, 0.25) is 0 Å².